The summed E-state index contributed by atoms with van der Waals surface area (Å²) in [6, 6.07) is 0. The van der Waals surface area contributed by atoms with Gasteiger partial charge in [0.15, 0.2) is 0 Å². The Morgan fingerprint density at radius 1 is 0.333 bits per heavy atom. The van der Waals surface area contributed by atoms with E-state index in [9.17, 15) is 0 Å². The summed E-state index contributed by atoms with van der Waals surface area (Å²) in [7, 11) is -1.07. The van der Waals surface area contributed by atoms with Gasteiger partial charge in [0, 0.05) is 7.26 Å². The Balaban J connectivity index is 5.18. The molecule has 0 aromatic heterocycles. The van der Waals surface area contributed by atoms with E-state index in [-0.39, 0.29) is 0 Å². The van der Waals surface area contributed by atoms with Crippen molar-refractivity contribution in [3.8, 4) is 0 Å². The summed E-state index contributed by atoms with van der Waals surface area (Å²) in [4.78, 5) is 0. The number of hydrogen-bond donors (Lipinski definition) is 0. The Hall–Kier alpha value is -0.610. The van der Waals surface area contributed by atoms with Gasteiger partial charge in [-0.3, -0.25) is 0 Å². The third-order valence-electron chi connectivity index (χ3n) is 6.53. The predicted molar refractivity (Wildman–Crippen MR) is 160 cm³/mol. The van der Waals surface area contributed by atoms with Crippen LogP contribution in [0.3, 0.4) is 0 Å². The lowest BCUT2D eigenvalue weighted by Gasteiger charge is -2.23. The van der Waals surface area contributed by atoms with E-state index < -0.39 is 7.26 Å². The van der Waals surface area contributed by atoms with E-state index in [1.165, 1.54) is 127 Å². The van der Waals surface area contributed by atoms with Gasteiger partial charge in [-0.25, -0.2) is 0 Å². The molecule has 0 rings (SSSR count). The molecule has 0 atom stereocenters. The van der Waals surface area contributed by atoms with Crippen molar-refractivity contribution in [3.63, 3.8) is 0 Å². The largest absolute Gasteiger partial charge is 0.0850 e. The monoisotopic (exact) mass is 475 g/mol. The van der Waals surface area contributed by atoms with Crippen LogP contribution < -0.4 is 0 Å². The highest BCUT2D eigenvalue weighted by Gasteiger charge is 2.32. The minimum Gasteiger partial charge on any atom is -0.0850 e. The second-order valence-electron chi connectivity index (χ2n) is 9.94. The van der Waals surface area contributed by atoms with Gasteiger partial charge in [0.1, 0.15) is 0 Å². The number of allylic oxidation sites excluding steroid dienone is 8. The molecule has 0 unspecified atom stereocenters. The zero-order chi connectivity index (χ0) is 24.3. The Morgan fingerprint density at radius 2 is 0.576 bits per heavy atom. The molecule has 1 heteroatoms. The Bertz CT molecular complexity index is 403. The fraction of sp³-hybridized carbons (Fsp3) is 0.750. The Morgan fingerprint density at radius 3 is 0.788 bits per heavy atom. The van der Waals surface area contributed by atoms with Gasteiger partial charge >= 0.3 is 0 Å². The molecule has 0 radical (unpaired) electrons. The summed E-state index contributed by atoms with van der Waals surface area (Å²) in [5, 5.41) is 0. The molecule has 0 aliphatic carbocycles. The van der Waals surface area contributed by atoms with Crippen LogP contribution in [0, 0.1) is 0 Å². The number of hydrogen-bond acceptors (Lipinski definition) is 0. The van der Waals surface area contributed by atoms with Crippen LogP contribution in [-0.4, -0.2) is 24.6 Å². The SMILES string of the molecule is CCCCCC=CC[P+](CC=CCCCCC)(CC=CCCCCC)CC=CCCCCC. The normalized spacial score (nSPS) is 14.4. The molecule has 0 amide bonds. The lowest BCUT2D eigenvalue weighted by molar-refractivity contribution is 0.728. The molecular formula is C32H60P+. The van der Waals surface area contributed by atoms with E-state index in [0.717, 1.165) is 0 Å². The van der Waals surface area contributed by atoms with Crippen molar-refractivity contribution in [2.24, 2.45) is 0 Å². The van der Waals surface area contributed by atoms with Gasteiger partial charge in [0.25, 0.3) is 0 Å². The second-order valence-corrected chi connectivity index (χ2v) is 14.1. The molecule has 0 heterocycles. The van der Waals surface area contributed by atoms with Gasteiger partial charge in [-0.1, -0.05) is 128 Å². The molecular weight excluding hydrogens is 415 g/mol. The zero-order valence-electron chi connectivity index (χ0n) is 23.2. The first-order valence-corrected chi connectivity index (χ1v) is 17.2. The van der Waals surface area contributed by atoms with Gasteiger partial charge < -0.3 is 0 Å². The van der Waals surface area contributed by atoms with Gasteiger partial charge in [-0.15, -0.1) is 0 Å². The quantitative estimate of drug-likeness (QED) is 0.0739. The van der Waals surface area contributed by atoms with E-state index in [1.807, 2.05) is 0 Å². The van der Waals surface area contributed by atoms with Crippen LogP contribution in [0.4, 0.5) is 0 Å². The average Bonchev–Trinajstić information content (AvgIpc) is 2.83. The highest BCUT2D eigenvalue weighted by molar-refractivity contribution is 7.76. The molecule has 0 spiro atoms. The van der Waals surface area contributed by atoms with E-state index >= 15 is 0 Å². The summed E-state index contributed by atoms with van der Waals surface area (Å²) in [5.74, 6) is 0. The first kappa shape index (κ1) is 32.4. The van der Waals surface area contributed by atoms with Crippen molar-refractivity contribution in [1.29, 1.82) is 0 Å². The second kappa shape index (κ2) is 26.0. The number of unbranched alkanes of at least 4 members (excludes halogenated alkanes) is 12. The summed E-state index contributed by atoms with van der Waals surface area (Å²) in [6.45, 7) is 9.19. The molecule has 0 bridgehead atoms. The molecule has 192 valence electrons. The maximum Gasteiger partial charge on any atom is 0.0782 e. The topological polar surface area (TPSA) is 0 Å². The first-order valence-electron chi connectivity index (χ1n) is 14.7. The molecule has 0 saturated heterocycles. The highest BCUT2D eigenvalue weighted by atomic mass is 31.2. The van der Waals surface area contributed by atoms with Gasteiger partial charge in [-0.2, -0.15) is 0 Å². The summed E-state index contributed by atoms with van der Waals surface area (Å²) < 4.78 is 0. The van der Waals surface area contributed by atoms with Crippen molar-refractivity contribution >= 4 is 7.26 Å². The summed E-state index contributed by atoms with van der Waals surface area (Å²) in [5.41, 5.74) is 0. The highest BCUT2D eigenvalue weighted by Crippen LogP contribution is 2.59. The van der Waals surface area contributed by atoms with Crippen LogP contribution >= 0.6 is 7.26 Å². The molecule has 0 aliphatic rings. The zero-order valence-corrected chi connectivity index (χ0v) is 24.1. The van der Waals surface area contributed by atoms with Crippen molar-refractivity contribution < 1.29 is 0 Å². The average molecular weight is 476 g/mol. The van der Waals surface area contributed by atoms with Crippen molar-refractivity contribution in [2.75, 3.05) is 24.6 Å². The predicted octanol–water partition coefficient (Wildman–Crippen LogP) is 11.5. The third-order valence-corrected chi connectivity index (χ3v) is 10.5. The van der Waals surface area contributed by atoms with E-state index in [0.29, 0.717) is 0 Å². The third kappa shape index (κ3) is 21.6. The smallest absolute Gasteiger partial charge is 0.0782 e. The summed E-state index contributed by atoms with van der Waals surface area (Å²) >= 11 is 0. The lowest BCUT2D eigenvalue weighted by Crippen LogP contribution is -2.08. The fourth-order valence-corrected chi connectivity index (χ4v) is 7.44. The summed E-state index contributed by atoms with van der Waals surface area (Å²) in [6.07, 6.45) is 46.7. The standard InChI is InChI=1S/C32H60P/c1-5-9-13-17-21-25-29-33(30-26-22-18-14-10-6-2,31-27-23-19-15-11-7-3)32-28-24-20-16-12-8-4/h21-28H,5-20,29-32H2,1-4H3/q+1. The fourth-order valence-electron chi connectivity index (χ4n) is 4.16. The minimum absolute atomic E-state index is 1.07. The molecule has 0 N–H and O–H groups in total. The maximum atomic E-state index is 2.56. The van der Waals surface area contributed by atoms with Crippen LogP contribution in [0.2, 0.25) is 0 Å². The molecule has 0 aromatic rings. The van der Waals surface area contributed by atoms with Crippen LogP contribution in [0.15, 0.2) is 48.6 Å². The molecule has 0 saturated carbocycles. The Kier molecular flexibility index (Phi) is 25.5. The Labute approximate surface area is 210 Å². The minimum atomic E-state index is -1.07. The maximum absolute atomic E-state index is 2.56. The lowest BCUT2D eigenvalue weighted by atomic mass is 10.2. The molecule has 0 aliphatic heterocycles. The number of rotatable bonds is 24. The van der Waals surface area contributed by atoms with Crippen molar-refractivity contribution in [1.82, 2.24) is 0 Å². The van der Waals surface area contributed by atoms with Crippen LogP contribution in [0.1, 0.15) is 130 Å². The van der Waals surface area contributed by atoms with Crippen LogP contribution in [0.25, 0.3) is 0 Å². The van der Waals surface area contributed by atoms with Crippen molar-refractivity contribution in [2.45, 2.75) is 130 Å². The van der Waals surface area contributed by atoms with Crippen LogP contribution in [0.5, 0.6) is 0 Å². The van der Waals surface area contributed by atoms with E-state index in [4.69, 9.17) is 0 Å². The molecule has 0 aromatic carbocycles. The first-order chi connectivity index (χ1) is 16.2. The van der Waals surface area contributed by atoms with Gasteiger partial charge in [0.05, 0.1) is 24.6 Å². The molecule has 33 heavy (non-hydrogen) atoms. The van der Waals surface area contributed by atoms with E-state index in [2.05, 4.69) is 76.3 Å². The van der Waals surface area contributed by atoms with Gasteiger partial charge in [-0.05, 0) is 51.4 Å². The van der Waals surface area contributed by atoms with Gasteiger partial charge in [0.2, 0.25) is 0 Å². The molecule has 0 fully saturated rings. The van der Waals surface area contributed by atoms with Crippen molar-refractivity contribution in [3.05, 3.63) is 48.6 Å². The van der Waals surface area contributed by atoms with Crippen LogP contribution in [-0.2, 0) is 0 Å². The van der Waals surface area contributed by atoms with E-state index in [1.54, 1.807) is 0 Å². The molecule has 0 nitrogen and oxygen atoms in total.